The lowest BCUT2D eigenvalue weighted by molar-refractivity contribution is -0.0496. The van der Waals surface area contributed by atoms with Crippen molar-refractivity contribution < 1.29 is 31.8 Å². The van der Waals surface area contributed by atoms with Gasteiger partial charge < -0.3 is 14.0 Å². The van der Waals surface area contributed by atoms with Crippen LogP contribution in [0.3, 0.4) is 0 Å². The molecule has 0 aromatic carbocycles. The Labute approximate surface area is 114 Å². The second-order valence-electron chi connectivity index (χ2n) is 2.92. The van der Waals surface area contributed by atoms with Gasteiger partial charge in [0.2, 0.25) is 0 Å². The van der Waals surface area contributed by atoms with Crippen molar-refractivity contribution in [3.05, 3.63) is 16.3 Å². The zero-order chi connectivity index (χ0) is 14.8. The minimum absolute atomic E-state index is 0.0153. The lowest BCUT2D eigenvalue weighted by Gasteiger charge is -2.00. The maximum absolute atomic E-state index is 11.8. The average molecular weight is 316 g/mol. The van der Waals surface area contributed by atoms with E-state index in [-0.39, 0.29) is 10.6 Å². The maximum atomic E-state index is 11.8. The number of ether oxygens (including phenoxy) is 2. The van der Waals surface area contributed by atoms with E-state index in [0.717, 1.165) is 17.8 Å². The second-order valence-corrected chi connectivity index (χ2v) is 4.35. The Morgan fingerprint density at radius 3 is 2.68 bits per heavy atom. The van der Waals surface area contributed by atoms with Crippen LogP contribution in [0.1, 0.15) is 23.0 Å². The van der Waals surface area contributed by atoms with Gasteiger partial charge in [0, 0.05) is 22.7 Å². The van der Waals surface area contributed by atoms with E-state index in [1.54, 1.807) is 0 Å². The Kier molecular flexibility index (Phi) is 9.21. The summed E-state index contributed by atoms with van der Waals surface area (Å²) in [6, 6.07) is 1.24. The highest BCUT2D eigenvalue weighted by atomic mass is 32.2. The molecule has 1 rings (SSSR count). The number of carbonyl (C=O) groups is 1. The molecule has 1 aromatic heterocycles. The van der Waals surface area contributed by atoms with Gasteiger partial charge in [-0.05, 0) is 6.42 Å². The van der Waals surface area contributed by atoms with Gasteiger partial charge in [0.05, 0.1) is 6.61 Å². The molecule has 0 bridgehead atoms. The first kappa shape index (κ1) is 17.9. The highest BCUT2D eigenvalue weighted by Crippen LogP contribution is 2.23. The van der Waals surface area contributed by atoms with E-state index in [9.17, 15) is 13.6 Å². The largest absolute Gasteiger partial charge is 0.760 e. The summed E-state index contributed by atoms with van der Waals surface area (Å²) in [6.07, 6.45) is 0.720. The molecule has 0 amide bonds. The summed E-state index contributed by atoms with van der Waals surface area (Å²) in [5, 5.41) is 5.37. The van der Waals surface area contributed by atoms with Crippen LogP contribution < -0.4 is 9.88 Å². The average Bonchev–Trinajstić information content (AvgIpc) is 2.72. The zero-order valence-electron chi connectivity index (χ0n) is 9.84. The van der Waals surface area contributed by atoms with E-state index in [1.165, 1.54) is 11.4 Å². The van der Waals surface area contributed by atoms with Crippen LogP contribution in [0.4, 0.5) is 8.78 Å². The van der Waals surface area contributed by atoms with Crippen LogP contribution in [-0.2, 0) is 16.0 Å². The van der Waals surface area contributed by atoms with Crippen LogP contribution in [0.5, 0.6) is 5.75 Å². The van der Waals surface area contributed by atoms with E-state index in [0.29, 0.717) is 6.61 Å². The lowest BCUT2D eigenvalue weighted by atomic mass is 10.4. The summed E-state index contributed by atoms with van der Waals surface area (Å²) in [6.45, 7) is -0.687. The maximum Gasteiger partial charge on any atom is 0.387 e. The molecule has 0 radical (unpaired) electrons. The summed E-state index contributed by atoms with van der Waals surface area (Å²) >= 11 is -1.34. The Balaban J connectivity index is 0.000000711. The van der Waals surface area contributed by atoms with Gasteiger partial charge in [-0.1, -0.05) is 6.92 Å². The van der Waals surface area contributed by atoms with Crippen LogP contribution in [0.2, 0.25) is 0 Å². The third-order valence-electron chi connectivity index (χ3n) is 1.44. The molecule has 0 saturated carbocycles. The number of alkyl halides is 2. The van der Waals surface area contributed by atoms with Crippen molar-refractivity contribution in [1.29, 1.82) is 0 Å². The quantitative estimate of drug-likeness (QED) is 0.657. The van der Waals surface area contributed by atoms with Crippen LogP contribution in [0, 0.1) is 0 Å². The zero-order valence-corrected chi connectivity index (χ0v) is 11.5. The molecule has 1 aromatic rings. The molecule has 6 nitrogen and oxygen atoms in total. The Morgan fingerprint density at radius 1 is 1.63 bits per heavy atom. The summed E-state index contributed by atoms with van der Waals surface area (Å²) in [7, 11) is 0. The van der Waals surface area contributed by atoms with E-state index < -0.39 is 23.8 Å². The first-order valence-electron chi connectivity index (χ1n) is 4.91. The van der Waals surface area contributed by atoms with Crippen molar-refractivity contribution in [3.8, 4) is 5.75 Å². The Hall–Kier alpha value is -1.10. The van der Waals surface area contributed by atoms with Crippen molar-refractivity contribution in [2.75, 3.05) is 6.61 Å². The fourth-order valence-electron chi connectivity index (χ4n) is 0.856. The molecule has 0 saturated heterocycles. The number of rotatable bonds is 5. The van der Waals surface area contributed by atoms with Gasteiger partial charge in [-0.2, -0.15) is 8.78 Å². The number of hydrogen-bond acceptors (Lipinski definition) is 6. The van der Waals surface area contributed by atoms with Crippen LogP contribution in [-0.4, -0.2) is 27.9 Å². The van der Waals surface area contributed by atoms with E-state index in [2.05, 4.69) is 9.88 Å². The van der Waals surface area contributed by atoms with Gasteiger partial charge in [-0.25, -0.2) is 4.79 Å². The highest BCUT2D eigenvalue weighted by molar-refractivity contribution is 7.76. The summed E-state index contributed by atoms with van der Waals surface area (Å²) in [4.78, 5) is 11.5. The van der Waals surface area contributed by atoms with Gasteiger partial charge in [0.1, 0.15) is 10.6 Å². The first-order valence-corrected chi connectivity index (χ1v) is 6.92. The Bertz CT molecular complexity index is 409. The Morgan fingerprint density at radius 2 is 2.21 bits per heavy atom. The normalized spacial score (nSPS) is 11.5. The van der Waals surface area contributed by atoms with Gasteiger partial charge in [0.25, 0.3) is 0 Å². The molecule has 1 unspecified atom stereocenters. The van der Waals surface area contributed by atoms with Gasteiger partial charge >= 0.3 is 12.6 Å². The third-order valence-corrected chi connectivity index (χ3v) is 2.33. The number of halogens is 2. The molecule has 19 heavy (non-hydrogen) atoms. The topological polar surface area (TPSA) is 102 Å². The molecule has 0 spiro atoms. The number of nitrogens with two attached hydrogens (primary N) is 1. The van der Waals surface area contributed by atoms with Crippen molar-refractivity contribution in [3.63, 3.8) is 0 Å². The highest BCUT2D eigenvalue weighted by Gasteiger charge is 2.12. The molecule has 110 valence electrons. The van der Waals surface area contributed by atoms with Crippen molar-refractivity contribution >= 4 is 28.6 Å². The van der Waals surface area contributed by atoms with Crippen molar-refractivity contribution in [1.82, 2.24) is 0 Å². The van der Waals surface area contributed by atoms with E-state index >= 15 is 0 Å². The van der Waals surface area contributed by atoms with Gasteiger partial charge in [-0.15, -0.1) is 11.3 Å². The standard InChI is InChI=1S/C9H10F2O3S.H3NO2S/c1-2-3-13-8(12)7-4-6(5-15-7)14-9(10)11;1-4(2)3/h4-5,9H,2-3H2,1H3;1H2,(H,2,3)/p-1. The summed E-state index contributed by atoms with van der Waals surface area (Å²) in [5.74, 6) is -0.524. The van der Waals surface area contributed by atoms with Crippen molar-refractivity contribution in [2.24, 2.45) is 5.14 Å². The molecule has 0 aliphatic heterocycles. The molecule has 1 atom stereocenters. The lowest BCUT2D eigenvalue weighted by Crippen LogP contribution is -2.04. The molecule has 0 aliphatic carbocycles. The third kappa shape index (κ3) is 9.47. The van der Waals surface area contributed by atoms with Crippen molar-refractivity contribution in [2.45, 2.75) is 20.0 Å². The molecule has 10 heteroatoms. The molecule has 0 fully saturated rings. The molecular formula is C9H12F2NO5S2-. The first-order chi connectivity index (χ1) is 8.86. The number of hydrogen-bond donors (Lipinski definition) is 1. The minimum atomic E-state index is -2.88. The summed E-state index contributed by atoms with van der Waals surface area (Å²) < 4.78 is 50.1. The predicted octanol–water partition coefficient (Wildman–Crippen LogP) is 1.66. The minimum Gasteiger partial charge on any atom is -0.760 e. The smallest absolute Gasteiger partial charge is 0.387 e. The van der Waals surface area contributed by atoms with Crippen LogP contribution >= 0.6 is 11.3 Å². The van der Waals surface area contributed by atoms with E-state index in [4.69, 9.17) is 13.5 Å². The van der Waals surface area contributed by atoms with Crippen LogP contribution in [0.25, 0.3) is 0 Å². The van der Waals surface area contributed by atoms with E-state index in [1.807, 2.05) is 6.92 Å². The molecular weight excluding hydrogens is 304 g/mol. The number of esters is 1. The number of thiophene rings is 1. The fraction of sp³-hybridized carbons (Fsp3) is 0.444. The fourth-order valence-corrected chi connectivity index (χ4v) is 1.56. The second kappa shape index (κ2) is 9.78. The van der Waals surface area contributed by atoms with Gasteiger partial charge in [-0.3, -0.25) is 9.35 Å². The van der Waals surface area contributed by atoms with Crippen LogP contribution in [0.15, 0.2) is 11.4 Å². The van der Waals surface area contributed by atoms with Gasteiger partial charge in [0.15, 0.2) is 0 Å². The molecule has 2 N–H and O–H groups in total. The summed E-state index contributed by atoms with van der Waals surface area (Å²) in [5.41, 5.74) is 0. The monoisotopic (exact) mass is 316 g/mol. The predicted molar refractivity (Wildman–Crippen MR) is 64.6 cm³/mol. The number of carbonyl (C=O) groups excluding carboxylic acids is 1. The molecule has 0 aliphatic rings. The molecule has 1 heterocycles. The SMILES string of the molecule is CCCOC(=O)c1cc(OC(F)F)cs1.NS(=O)[O-].